The van der Waals surface area contributed by atoms with Crippen molar-refractivity contribution in [1.29, 1.82) is 0 Å². The summed E-state index contributed by atoms with van der Waals surface area (Å²) in [5.74, 6) is -4.94. The fourth-order valence-corrected chi connectivity index (χ4v) is 1.43. The van der Waals surface area contributed by atoms with Crippen LogP contribution in [0.15, 0.2) is 10.7 Å². The Kier molecular flexibility index (Phi) is 2.59. The van der Waals surface area contributed by atoms with Crippen molar-refractivity contribution < 1.29 is 22.0 Å². The first-order chi connectivity index (χ1) is 6.16. The molecule has 0 unspecified atom stereocenters. The number of rotatable bonds is 1. The predicted molar refractivity (Wildman–Crippen MR) is 40.9 cm³/mol. The molecule has 0 aliphatic heterocycles. The first-order valence-corrected chi connectivity index (χ1v) is 4.09. The van der Waals surface area contributed by atoms with Gasteiger partial charge in [-0.3, -0.25) is 4.68 Å². The van der Waals surface area contributed by atoms with Crippen LogP contribution in [0.1, 0.15) is 5.69 Å². The molecule has 2 nitrogen and oxygen atoms in total. The molecule has 1 rings (SSSR count). The van der Waals surface area contributed by atoms with Gasteiger partial charge in [-0.1, -0.05) is 0 Å². The van der Waals surface area contributed by atoms with Gasteiger partial charge in [-0.2, -0.15) is 27.1 Å². The molecule has 0 fully saturated rings. The fourth-order valence-electron chi connectivity index (χ4n) is 0.807. The molecular formula is C6H4BrF5N2. The average molecular weight is 279 g/mol. The van der Waals surface area contributed by atoms with E-state index in [2.05, 4.69) is 21.0 Å². The van der Waals surface area contributed by atoms with E-state index < -0.39 is 17.8 Å². The van der Waals surface area contributed by atoms with Crippen LogP contribution in [0, 0.1) is 0 Å². The maximum atomic E-state index is 12.7. The summed E-state index contributed by atoms with van der Waals surface area (Å²) in [6.07, 6.45) is -4.61. The summed E-state index contributed by atoms with van der Waals surface area (Å²) >= 11 is 2.58. The molecule has 0 amide bonds. The van der Waals surface area contributed by atoms with Gasteiger partial charge >= 0.3 is 12.1 Å². The third-order valence-electron chi connectivity index (χ3n) is 1.44. The van der Waals surface area contributed by atoms with Crippen molar-refractivity contribution >= 4 is 15.9 Å². The van der Waals surface area contributed by atoms with Gasteiger partial charge in [0.15, 0.2) is 5.69 Å². The molecular weight excluding hydrogens is 275 g/mol. The van der Waals surface area contributed by atoms with E-state index in [0.29, 0.717) is 0 Å². The lowest BCUT2D eigenvalue weighted by molar-refractivity contribution is -0.291. The summed E-state index contributed by atoms with van der Waals surface area (Å²) < 4.78 is 61.6. The lowest BCUT2D eigenvalue weighted by atomic mass is 10.2. The second-order valence-electron chi connectivity index (χ2n) is 2.57. The number of aromatic nitrogens is 2. The lowest BCUT2D eigenvalue weighted by Gasteiger charge is -2.17. The number of hydrogen-bond acceptors (Lipinski definition) is 1. The highest BCUT2D eigenvalue weighted by molar-refractivity contribution is 9.10. The average Bonchev–Trinajstić information content (AvgIpc) is 2.27. The molecule has 0 aromatic carbocycles. The zero-order valence-electron chi connectivity index (χ0n) is 6.74. The van der Waals surface area contributed by atoms with Gasteiger partial charge in [0, 0.05) is 13.2 Å². The van der Waals surface area contributed by atoms with Crippen LogP contribution in [0.2, 0.25) is 0 Å². The van der Waals surface area contributed by atoms with E-state index in [0.717, 1.165) is 10.9 Å². The number of hydrogen-bond donors (Lipinski definition) is 0. The zero-order chi connectivity index (χ0) is 11.1. The topological polar surface area (TPSA) is 17.8 Å². The Morgan fingerprint density at radius 3 is 2.07 bits per heavy atom. The van der Waals surface area contributed by atoms with Gasteiger partial charge in [0.05, 0.1) is 4.47 Å². The molecule has 0 spiro atoms. The summed E-state index contributed by atoms with van der Waals surface area (Å²) in [7, 11) is 1.25. The van der Waals surface area contributed by atoms with Crippen LogP contribution in [0.25, 0.3) is 0 Å². The zero-order valence-corrected chi connectivity index (χ0v) is 8.33. The molecule has 0 aliphatic rings. The summed E-state index contributed by atoms with van der Waals surface area (Å²) in [5.41, 5.74) is -1.33. The molecule has 14 heavy (non-hydrogen) atoms. The number of alkyl halides is 5. The van der Waals surface area contributed by atoms with Crippen molar-refractivity contribution in [1.82, 2.24) is 9.78 Å². The normalized spacial score (nSPS) is 13.4. The molecule has 0 bridgehead atoms. The Hall–Kier alpha value is -0.660. The van der Waals surface area contributed by atoms with Crippen molar-refractivity contribution in [3.63, 3.8) is 0 Å². The van der Waals surface area contributed by atoms with Gasteiger partial charge in [-0.15, -0.1) is 0 Å². The lowest BCUT2D eigenvalue weighted by Crippen LogP contribution is -2.34. The molecule has 0 atom stereocenters. The van der Waals surface area contributed by atoms with E-state index in [-0.39, 0.29) is 4.47 Å². The van der Waals surface area contributed by atoms with E-state index in [1.165, 1.54) is 7.05 Å². The number of nitrogens with zero attached hydrogens (tertiary/aromatic N) is 2. The Balaban J connectivity index is 3.22. The Labute approximate surface area is 83.8 Å². The fraction of sp³-hybridized carbons (Fsp3) is 0.500. The van der Waals surface area contributed by atoms with Crippen LogP contribution >= 0.6 is 15.9 Å². The highest BCUT2D eigenvalue weighted by Gasteiger charge is 2.61. The predicted octanol–water partition coefficient (Wildman–Crippen LogP) is 2.84. The van der Waals surface area contributed by atoms with Crippen molar-refractivity contribution in [2.75, 3.05) is 0 Å². The largest absolute Gasteiger partial charge is 0.459 e. The summed E-state index contributed by atoms with van der Waals surface area (Å²) in [4.78, 5) is 0. The quantitative estimate of drug-likeness (QED) is 0.723. The first kappa shape index (κ1) is 11.4. The molecule has 1 heterocycles. The molecule has 80 valence electrons. The van der Waals surface area contributed by atoms with Gasteiger partial charge in [-0.25, -0.2) is 0 Å². The van der Waals surface area contributed by atoms with Gasteiger partial charge in [-0.05, 0) is 15.9 Å². The molecule has 1 aromatic heterocycles. The maximum Gasteiger partial charge on any atom is 0.459 e. The minimum Gasteiger partial charge on any atom is -0.274 e. The SMILES string of the molecule is Cn1cc(Br)c(C(F)(F)C(F)(F)F)n1. The van der Waals surface area contributed by atoms with Crippen LogP contribution in [0.4, 0.5) is 22.0 Å². The number of halogens is 6. The molecule has 0 saturated heterocycles. The van der Waals surface area contributed by atoms with Crippen LogP contribution in [0.5, 0.6) is 0 Å². The van der Waals surface area contributed by atoms with E-state index in [9.17, 15) is 22.0 Å². The van der Waals surface area contributed by atoms with Gasteiger partial charge < -0.3 is 0 Å². The summed E-state index contributed by atoms with van der Waals surface area (Å²) in [6.45, 7) is 0. The molecule has 0 saturated carbocycles. The summed E-state index contributed by atoms with van der Waals surface area (Å²) in [5, 5.41) is 3.05. The van der Waals surface area contributed by atoms with E-state index in [1.807, 2.05) is 0 Å². The van der Waals surface area contributed by atoms with Crippen molar-refractivity contribution in [3.8, 4) is 0 Å². The monoisotopic (exact) mass is 278 g/mol. The van der Waals surface area contributed by atoms with Crippen LogP contribution < -0.4 is 0 Å². The van der Waals surface area contributed by atoms with Gasteiger partial charge in [0.25, 0.3) is 0 Å². The number of aryl methyl sites for hydroxylation is 1. The molecule has 1 aromatic rings. The van der Waals surface area contributed by atoms with Crippen LogP contribution in [-0.2, 0) is 13.0 Å². The maximum absolute atomic E-state index is 12.7. The minimum absolute atomic E-state index is 0.373. The first-order valence-electron chi connectivity index (χ1n) is 3.30. The second kappa shape index (κ2) is 3.18. The Morgan fingerprint density at radius 1 is 1.29 bits per heavy atom. The Morgan fingerprint density at radius 2 is 1.79 bits per heavy atom. The molecule has 0 aliphatic carbocycles. The van der Waals surface area contributed by atoms with Crippen LogP contribution in [-0.4, -0.2) is 16.0 Å². The van der Waals surface area contributed by atoms with E-state index in [4.69, 9.17) is 0 Å². The summed E-state index contributed by atoms with van der Waals surface area (Å²) in [6, 6.07) is 0. The van der Waals surface area contributed by atoms with Crippen molar-refractivity contribution in [2.24, 2.45) is 7.05 Å². The van der Waals surface area contributed by atoms with Crippen molar-refractivity contribution in [2.45, 2.75) is 12.1 Å². The second-order valence-corrected chi connectivity index (χ2v) is 3.43. The third-order valence-corrected chi connectivity index (χ3v) is 2.02. The van der Waals surface area contributed by atoms with E-state index >= 15 is 0 Å². The smallest absolute Gasteiger partial charge is 0.274 e. The minimum atomic E-state index is -5.64. The van der Waals surface area contributed by atoms with Crippen LogP contribution in [0.3, 0.4) is 0 Å². The molecule has 8 heteroatoms. The Bertz CT molecular complexity index is 342. The standard InChI is InChI=1S/C6H4BrF5N2/c1-14-2-3(7)4(13-14)5(8,9)6(10,11)12/h2H,1H3. The highest BCUT2D eigenvalue weighted by Crippen LogP contribution is 2.45. The van der Waals surface area contributed by atoms with Gasteiger partial charge in [0.1, 0.15) is 0 Å². The van der Waals surface area contributed by atoms with E-state index in [1.54, 1.807) is 0 Å². The molecule has 0 N–H and O–H groups in total. The highest BCUT2D eigenvalue weighted by atomic mass is 79.9. The van der Waals surface area contributed by atoms with Gasteiger partial charge in [0.2, 0.25) is 0 Å². The van der Waals surface area contributed by atoms with Crippen molar-refractivity contribution in [3.05, 3.63) is 16.4 Å². The third kappa shape index (κ3) is 1.75. The molecule has 0 radical (unpaired) electrons.